The molecule has 0 aromatic heterocycles. The van der Waals surface area contributed by atoms with Crippen molar-refractivity contribution < 1.29 is 24.2 Å². The van der Waals surface area contributed by atoms with E-state index in [1.165, 1.54) is 0 Å². The molecule has 0 radical (unpaired) electrons. The Morgan fingerprint density at radius 2 is 1.96 bits per heavy atom. The van der Waals surface area contributed by atoms with Crippen molar-refractivity contribution in [3.8, 4) is 0 Å². The van der Waals surface area contributed by atoms with Crippen LogP contribution in [0, 0.1) is 5.92 Å². The first-order chi connectivity index (χ1) is 12.2. The average molecular weight is 364 g/mol. The molecule has 7 heteroatoms. The van der Waals surface area contributed by atoms with Crippen molar-refractivity contribution in [1.29, 1.82) is 0 Å². The van der Waals surface area contributed by atoms with Gasteiger partial charge in [-0.1, -0.05) is 30.3 Å². The molecule has 2 amide bonds. The Morgan fingerprint density at radius 3 is 2.62 bits per heavy atom. The minimum Gasteiger partial charge on any atom is -0.445 e. The molecule has 1 saturated heterocycles. The Balaban J connectivity index is 1.78. The molecule has 1 heterocycles. The first-order valence-electron chi connectivity index (χ1n) is 8.85. The topological polar surface area (TPSA) is 88.1 Å². The van der Waals surface area contributed by atoms with Crippen LogP contribution in [-0.2, 0) is 16.1 Å². The molecule has 2 N–H and O–H groups in total. The monoisotopic (exact) mass is 364 g/mol. The van der Waals surface area contributed by atoms with Crippen molar-refractivity contribution in [3.63, 3.8) is 0 Å². The third kappa shape index (κ3) is 6.55. The molecule has 0 saturated carbocycles. The summed E-state index contributed by atoms with van der Waals surface area (Å²) in [7, 11) is 0. The van der Waals surface area contributed by atoms with E-state index in [0.717, 1.165) is 5.56 Å². The highest BCUT2D eigenvalue weighted by Gasteiger charge is 2.32. The van der Waals surface area contributed by atoms with Gasteiger partial charge >= 0.3 is 12.2 Å². The summed E-state index contributed by atoms with van der Waals surface area (Å²) in [4.78, 5) is 25.6. The van der Waals surface area contributed by atoms with Crippen LogP contribution in [0.15, 0.2) is 30.3 Å². The van der Waals surface area contributed by atoms with Crippen LogP contribution in [0.4, 0.5) is 9.59 Å². The van der Waals surface area contributed by atoms with Crippen LogP contribution < -0.4 is 5.32 Å². The van der Waals surface area contributed by atoms with Gasteiger partial charge in [0.15, 0.2) is 0 Å². The molecule has 1 aromatic rings. The van der Waals surface area contributed by atoms with Crippen LogP contribution >= 0.6 is 0 Å². The fourth-order valence-corrected chi connectivity index (χ4v) is 2.70. The number of nitrogens with zero attached hydrogens (tertiary/aromatic N) is 1. The lowest BCUT2D eigenvalue weighted by Gasteiger charge is -2.36. The number of benzene rings is 1. The zero-order valence-electron chi connectivity index (χ0n) is 15.6. The number of hydrogen-bond acceptors (Lipinski definition) is 5. The second kappa shape index (κ2) is 8.89. The normalized spacial score (nSPS) is 20.4. The van der Waals surface area contributed by atoms with E-state index in [0.29, 0.717) is 19.5 Å². The van der Waals surface area contributed by atoms with E-state index in [4.69, 9.17) is 9.47 Å². The quantitative estimate of drug-likeness (QED) is 0.857. The fraction of sp³-hybridized carbons (Fsp3) is 0.579. The second-order valence-corrected chi connectivity index (χ2v) is 7.49. The van der Waals surface area contributed by atoms with Crippen LogP contribution in [0.2, 0.25) is 0 Å². The van der Waals surface area contributed by atoms with Crippen molar-refractivity contribution in [2.45, 2.75) is 45.5 Å². The molecule has 7 nitrogen and oxygen atoms in total. The van der Waals surface area contributed by atoms with Gasteiger partial charge in [0.1, 0.15) is 12.2 Å². The van der Waals surface area contributed by atoms with Gasteiger partial charge in [0.25, 0.3) is 0 Å². The van der Waals surface area contributed by atoms with Gasteiger partial charge < -0.3 is 24.8 Å². The summed E-state index contributed by atoms with van der Waals surface area (Å²) in [6.45, 7) is 6.61. The molecular weight excluding hydrogens is 336 g/mol. The minimum atomic E-state index is -0.580. The highest BCUT2D eigenvalue weighted by Crippen LogP contribution is 2.19. The first kappa shape index (κ1) is 20.0. The van der Waals surface area contributed by atoms with E-state index in [-0.39, 0.29) is 19.1 Å². The van der Waals surface area contributed by atoms with Crippen molar-refractivity contribution in [2.75, 3.05) is 19.6 Å². The maximum atomic E-state index is 12.2. The van der Waals surface area contributed by atoms with Gasteiger partial charge in [-0.2, -0.15) is 0 Å². The molecule has 1 aromatic carbocycles. The maximum Gasteiger partial charge on any atom is 0.410 e. The smallest absolute Gasteiger partial charge is 0.410 e. The average Bonchev–Trinajstić information content (AvgIpc) is 2.58. The zero-order valence-corrected chi connectivity index (χ0v) is 15.6. The number of nitrogens with one attached hydrogen (secondary N) is 1. The number of carbonyl (C=O) groups is 2. The first-order valence-corrected chi connectivity index (χ1v) is 8.85. The molecule has 1 fully saturated rings. The number of alkyl carbamates (subject to hydrolysis) is 1. The lowest BCUT2D eigenvalue weighted by molar-refractivity contribution is -0.00794. The van der Waals surface area contributed by atoms with Gasteiger partial charge in [0.05, 0.1) is 6.10 Å². The Bertz CT molecular complexity index is 600. The molecular formula is C19H28N2O5. The molecule has 0 spiro atoms. The van der Waals surface area contributed by atoms with E-state index in [2.05, 4.69) is 5.32 Å². The number of ether oxygens (including phenoxy) is 2. The Morgan fingerprint density at radius 1 is 1.27 bits per heavy atom. The highest BCUT2D eigenvalue weighted by molar-refractivity contribution is 5.68. The number of carbonyl (C=O) groups excluding carboxylic acids is 2. The van der Waals surface area contributed by atoms with Gasteiger partial charge in [-0.05, 0) is 32.8 Å². The Kier molecular flexibility index (Phi) is 6.85. The predicted molar refractivity (Wildman–Crippen MR) is 96.6 cm³/mol. The largest absolute Gasteiger partial charge is 0.445 e. The summed E-state index contributed by atoms with van der Waals surface area (Å²) < 4.78 is 10.5. The number of hydrogen-bond donors (Lipinski definition) is 2. The fourth-order valence-electron chi connectivity index (χ4n) is 2.70. The van der Waals surface area contributed by atoms with Crippen LogP contribution in [0.3, 0.4) is 0 Å². The van der Waals surface area contributed by atoms with E-state index < -0.39 is 23.9 Å². The Hall–Kier alpha value is -2.28. The summed E-state index contributed by atoms with van der Waals surface area (Å²) in [6, 6.07) is 9.39. The summed E-state index contributed by atoms with van der Waals surface area (Å²) >= 11 is 0. The van der Waals surface area contributed by atoms with Crippen molar-refractivity contribution >= 4 is 12.2 Å². The third-order valence-corrected chi connectivity index (χ3v) is 4.07. The summed E-state index contributed by atoms with van der Waals surface area (Å²) in [6.07, 6.45) is -1.08. The molecule has 2 rings (SSSR count). The van der Waals surface area contributed by atoms with Gasteiger partial charge in [-0.25, -0.2) is 9.59 Å². The minimum absolute atomic E-state index is 0.184. The molecule has 26 heavy (non-hydrogen) atoms. The number of aliphatic hydroxyl groups excluding tert-OH is 1. The number of amides is 2. The third-order valence-electron chi connectivity index (χ3n) is 4.07. The van der Waals surface area contributed by atoms with Crippen LogP contribution in [0.25, 0.3) is 0 Å². The van der Waals surface area contributed by atoms with Gasteiger partial charge in [0, 0.05) is 25.6 Å². The van der Waals surface area contributed by atoms with Crippen LogP contribution in [0.1, 0.15) is 32.8 Å². The number of aliphatic hydroxyl groups is 1. The van der Waals surface area contributed by atoms with Gasteiger partial charge in [-0.3, -0.25) is 0 Å². The number of rotatable bonds is 4. The molecule has 0 unspecified atom stereocenters. The molecule has 0 bridgehead atoms. The molecule has 1 aliphatic rings. The summed E-state index contributed by atoms with van der Waals surface area (Å²) in [5.41, 5.74) is 0.332. The number of piperidine rings is 1. The molecule has 2 atom stereocenters. The van der Waals surface area contributed by atoms with Gasteiger partial charge in [0.2, 0.25) is 0 Å². The lowest BCUT2D eigenvalue weighted by atomic mass is 9.95. The molecule has 144 valence electrons. The second-order valence-electron chi connectivity index (χ2n) is 7.49. The van der Waals surface area contributed by atoms with Crippen molar-refractivity contribution in [3.05, 3.63) is 35.9 Å². The van der Waals surface area contributed by atoms with E-state index in [1.807, 2.05) is 51.1 Å². The van der Waals surface area contributed by atoms with Crippen molar-refractivity contribution in [1.82, 2.24) is 10.2 Å². The van der Waals surface area contributed by atoms with Crippen LogP contribution in [-0.4, -0.2) is 53.5 Å². The van der Waals surface area contributed by atoms with Gasteiger partial charge in [-0.15, -0.1) is 0 Å². The Labute approximate surface area is 154 Å². The zero-order chi connectivity index (χ0) is 19.2. The maximum absolute atomic E-state index is 12.2. The van der Waals surface area contributed by atoms with E-state index >= 15 is 0 Å². The highest BCUT2D eigenvalue weighted by atomic mass is 16.6. The summed E-state index contributed by atoms with van der Waals surface area (Å²) in [5, 5.41) is 12.8. The number of likely N-dealkylation sites (tertiary alicyclic amines) is 1. The van der Waals surface area contributed by atoms with E-state index in [9.17, 15) is 14.7 Å². The molecule has 0 aliphatic carbocycles. The lowest BCUT2D eigenvalue weighted by Crippen LogP contribution is -2.50. The van der Waals surface area contributed by atoms with Crippen LogP contribution in [0.5, 0.6) is 0 Å². The SMILES string of the molecule is CC(C)(C)OC(=O)N1CC[C@@H](O)[C@@H](CNC(=O)OCc2ccccc2)C1. The van der Waals surface area contributed by atoms with E-state index in [1.54, 1.807) is 4.90 Å². The standard InChI is InChI=1S/C19H28N2O5/c1-19(2,3)26-18(24)21-10-9-16(22)15(12-21)11-20-17(23)25-13-14-7-5-4-6-8-14/h4-8,15-16,22H,9-13H2,1-3H3,(H,20,23)/t15-,16+/m0/s1. The van der Waals surface area contributed by atoms with Crippen molar-refractivity contribution in [2.24, 2.45) is 5.92 Å². The summed E-state index contributed by atoms with van der Waals surface area (Å²) in [5.74, 6) is -0.263. The molecule has 1 aliphatic heterocycles. The predicted octanol–water partition coefficient (Wildman–Crippen LogP) is 2.53.